The smallest absolute Gasteiger partial charge is 0.0622 e. The van der Waals surface area contributed by atoms with Gasteiger partial charge < -0.3 is 0 Å². The highest BCUT2D eigenvalue weighted by Gasteiger charge is 2.22. The van der Waals surface area contributed by atoms with Crippen molar-refractivity contribution in [3.63, 3.8) is 0 Å². The highest BCUT2D eigenvalue weighted by atomic mass is 14.2. The highest BCUT2D eigenvalue weighted by molar-refractivity contribution is 6.25. The van der Waals surface area contributed by atoms with Crippen molar-refractivity contribution in [2.24, 2.45) is 0 Å². The van der Waals surface area contributed by atoms with Crippen LogP contribution in [-0.4, -0.2) is 0 Å². The molecule has 0 aliphatic rings. The zero-order valence-electron chi connectivity index (χ0n) is 53.8. The van der Waals surface area contributed by atoms with E-state index < -0.39 is 213 Å². The molecule has 0 atom stereocenters. The Morgan fingerprint density at radius 1 is 0.278 bits per heavy atom. The van der Waals surface area contributed by atoms with E-state index >= 15 is 0 Å². The first-order valence-electron chi connectivity index (χ1n) is 29.6. The van der Waals surface area contributed by atoms with Gasteiger partial charge in [-0.15, -0.1) is 0 Å². The van der Waals surface area contributed by atoms with Crippen LogP contribution in [0, 0.1) is 0 Å². The lowest BCUT2D eigenvalue weighted by molar-refractivity contribution is 1.57. The Morgan fingerprint density at radius 2 is 0.630 bits per heavy atom. The molecule has 10 aromatic rings. The Morgan fingerprint density at radius 3 is 1.02 bits per heavy atom. The Hall–Kier alpha value is -7.02. The summed E-state index contributed by atoms with van der Waals surface area (Å²) >= 11 is 0. The monoisotopic (exact) mass is 710 g/mol. The quantitative estimate of drug-likeness (QED) is 0.151. The minimum atomic E-state index is -0.877. The summed E-state index contributed by atoms with van der Waals surface area (Å²) in [6.45, 7) is 0. The molecule has 0 nitrogen and oxygen atoms in total. The minimum absolute atomic E-state index is 0.0564. The molecule has 0 unspecified atom stereocenters. The Kier molecular flexibility index (Phi) is 3.70. The SMILES string of the molecule is [2H]c1c([2H])c([2H])c(-c2c([2H])c([2H])c(-c3c4ccccc4c(-c4c([2H])c([2H])c(-c5c([2H])c([2H])c([2H])c([2H])c5[2H])c([2H])c4-c4c([2H])c([2H])c([2H])c([2H])c4[2H])c4cc5ccccc5cc34)c(-c3c([2H])c([2H])c([2H])c([2H])c3[2H])c2[2H])c([2H])c1[2H]. The molecular weight excluding hydrogens is 649 g/mol. The molecule has 0 bridgehead atoms. The van der Waals surface area contributed by atoms with Crippen LogP contribution in [0.5, 0.6) is 0 Å². The van der Waals surface area contributed by atoms with Crippen molar-refractivity contribution < 1.29 is 35.6 Å². The van der Waals surface area contributed by atoms with Gasteiger partial charge in [0.1, 0.15) is 0 Å². The molecule has 0 N–H and O–H groups in total. The van der Waals surface area contributed by atoms with Gasteiger partial charge >= 0.3 is 0 Å². The molecule has 0 saturated carbocycles. The molecule has 0 heterocycles. The fourth-order valence-corrected chi connectivity index (χ4v) is 6.71. The van der Waals surface area contributed by atoms with Crippen LogP contribution < -0.4 is 0 Å². The second kappa shape index (κ2) is 13.5. The number of hydrogen-bond donors (Lipinski definition) is 0. The molecule has 10 rings (SSSR count). The third-order valence-corrected chi connectivity index (χ3v) is 9.02. The van der Waals surface area contributed by atoms with E-state index in [2.05, 4.69) is 0 Å². The van der Waals surface area contributed by atoms with E-state index in [1.54, 1.807) is 36.4 Å². The van der Waals surface area contributed by atoms with Crippen molar-refractivity contribution in [1.29, 1.82) is 0 Å². The summed E-state index contributed by atoms with van der Waals surface area (Å²) in [6.07, 6.45) is 0. The minimum Gasteiger partial charge on any atom is -0.0622 e. The largest absolute Gasteiger partial charge is 0.0636 e. The average Bonchev–Trinajstić information content (AvgIpc) is 3.64. The summed E-state index contributed by atoms with van der Waals surface area (Å²) in [7, 11) is 0. The number of rotatable bonds is 6. The molecule has 0 saturated heterocycles. The van der Waals surface area contributed by atoms with E-state index in [4.69, 9.17) is 21.9 Å². The number of benzene rings is 10. The first-order chi connectivity index (χ1) is 37.6. The molecule has 0 aliphatic heterocycles. The molecule has 0 aromatic heterocycles. The van der Waals surface area contributed by atoms with E-state index in [9.17, 15) is 13.7 Å². The molecule has 0 radical (unpaired) electrons. The van der Waals surface area contributed by atoms with E-state index in [1.807, 2.05) is 0 Å². The van der Waals surface area contributed by atoms with Gasteiger partial charge in [0.2, 0.25) is 0 Å². The molecule has 0 aliphatic carbocycles. The zero-order chi connectivity index (χ0) is 58.5. The summed E-state index contributed by atoms with van der Waals surface area (Å²) in [4.78, 5) is 0. The topological polar surface area (TPSA) is 0 Å². The van der Waals surface area contributed by atoms with Gasteiger partial charge in [0, 0.05) is 0 Å². The van der Waals surface area contributed by atoms with Gasteiger partial charge in [0.15, 0.2) is 0 Å². The summed E-state index contributed by atoms with van der Waals surface area (Å²) < 4.78 is 235. The fraction of sp³-hybridized carbons (Fsp3) is 0. The van der Waals surface area contributed by atoms with Crippen LogP contribution in [0.15, 0.2) is 218 Å². The van der Waals surface area contributed by atoms with Crippen molar-refractivity contribution in [3.8, 4) is 66.8 Å². The highest BCUT2D eigenvalue weighted by Crippen LogP contribution is 2.49. The first kappa shape index (κ1) is 14.8. The Labute approximate surface area is 352 Å². The maximum absolute atomic E-state index is 10.0. The molecule has 10 aromatic carbocycles. The second-order valence-electron chi connectivity index (χ2n) is 12.0. The Bertz CT molecular complexity index is 4090. The Balaban J connectivity index is 1.50. The summed E-state index contributed by atoms with van der Waals surface area (Å²) in [5.74, 6) is 0. The maximum Gasteiger partial charge on any atom is 0.0636 e. The van der Waals surface area contributed by atoms with Gasteiger partial charge in [-0.2, -0.15) is 0 Å². The van der Waals surface area contributed by atoms with Crippen LogP contribution in [0.4, 0.5) is 0 Å². The summed E-state index contributed by atoms with van der Waals surface area (Å²) in [5.41, 5.74) is -6.29. The van der Waals surface area contributed by atoms with Crippen LogP contribution in [0.25, 0.3) is 99.1 Å². The van der Waals surface area contributed by atoms with Crippen molar-refractivity contribution >= 4 is 32.3 Å². The van der Waals surface area contributed by atoms with Crippen molar-refractivity contribution in [2.45, 2.75) is 0 Å². The van der Waals surface area contributed by atoms with Gasteiger partial charge in [0.05, 0.1) is 35.6 Å². The van der Waals surface area contributed by atoms with Gasteiger partial charge in [-0.1, -0.05) is 194 Å². The van der Waals surface area contributed by atoms with Gasteiger partial charge in [-0.05, 0) is 123 Å². The van der Waals surface area contributed by atoms with Crippen molar-refractivity contribution in [2.75, 3.05) is 0 Å². The average molecular weight is 711 g/mol. The zero-order valence-corrected chi connectivity index (χ0v) is 27.8. The van der Waals surface area contributed by atoms with E-state index in [0.717, 1.165) is 0 Å². The molecule has 0 spiro atoms. The molecule has 54 heavy (non-hydrogen) atoms. The third kappa shape index (κ3) is 5.57. The predicted octanol–water partition coefficient (Wildman–Crippen LogP) is 15.1. The van der Waals surface area contributed by atoms with Crippen molar-refractivity contribution in [3.05, 3.63) is 218 Å². The van der Waals surface area contributed by atoms with Crippen LogP contribution in [-0.2, 0) is 0 Å². The molecule has 0 heteroatoms. The van der Waals surface area contributed by atoms with Gasteiger partial charge in [-0.3, -0.25) is 0 Å². The van der Waals surface area contributed by atoms with Crippen LogP contribution in [0.1, 0.15) is 35.6 Å². The van der Waals surface area contributed by atoms with E-state index in [-0.39, 0.29) is 32.7 Å². The number of hydrogen-bond acceptors (Lipinski definition) is 0. The first-order valence-corrected chi connectivity index (χ1v) is 16.6. The molecular formula is C54H36. The van der Waals surface area contributed by atoms with E-state index in [0.29, 0.717) is 10.8 Å². The molecule has 252 valence electrons. The summed E-state index contributed by atoms with van der Waals surface area (Å²) in [5, 5.41) is 1.22. The van der Waals surface area contributed by atoms with Crippen molar-refractivity contribution in [1.82, 2.24) is 0 Å². The van der Waals surface area contributed by atoms with Crippen LogP contribution >= 0.6 is 0 Å². The van der Waals surface area contributed by atoms with Gasteiger partial charge in [0.25, 0.3) is 0 Å². The predicted molar refractivity (Wildman–Crippen MR) is 232 cm³/mol. The van der Waals surface area contributed by atoms with Crippen LogP contribution in [0.3, 0.4) is 0 Å². The fourth-order valence-electron chi connectivity index (χ4n) is 6.71. The lowest BCUT2D eigenvalue weighted by Gasteiger charge is -2.22. The summed E-state index contributed by atoms with van der Waals surface area (Å²) in [6, 6.07) is -6.28. The second-order valence-corrected chi connectivity index (χ2v) is 12.0. The van der Waals surface area contributed by atoms with E-state index in [1.165, 1.54) is 24.3 Å². The molecule has 0 fully saturated rings. The van der Waals surface area contributed by atoms with Gasteiger partial charge in [-0.25, -0.2) is 0 Å². The standard InChI is InChI=1S/C54H36/c1-5-17-37(18-6-1)43-29-31-47(49(33-43)39-21-9-3-10-22-39)53-45-27-15-16-28-46(45)54(52-36-42-26-14-13-25-41(42)35-51(52)53)48-32-30-44(38-19-7-2-8-20-38)34-50(48)40-23-11-4-12-24-40/h1-36H/i1D,2D,3D,4D,5D,6D,7D,8D,9D,10D,11D,12D,17D,18D,19D,20D,21D,22D,23D,24D,29D,30D,31D,32D,33D,34D. The number of fused-ring (bicyclic) bond motifs is 3. The van der Waals surface area contributed by atoms with Crippen LogP contribution in [0.2, 0.25) is 0 Å². The lowest BCUT2D eigenvalue weighted by Crippen LogP contribution is -1.95. The normalized spacial score (nSPS) is 18.1. The molecule has 0 amide bonds. The lowest BCUT2D eigenvalue weighted by atomic mass is 9.80. The maximum atomic E-state index is 10.0. The third-order valence-electron chi connectivity index (χ3n) is 9.02.